The minimum Gasteiger partial charge on any atom is -0.434 e. The summed E-state index contributed by atoms with van der Waals surface area (Å²) in [7, 11) is 1.77. The molecule has 0 aliphatic carbocycles. The van der Waals surface area contributed by atoms with Crippen LogP contribution < -0.4 is 10.1 Å². The molecule has 1 rings (SSSR count). The second-order valence-electron chi connectivity index (χ2n) is 3.43. The van der Waals surface area contributed by atoms with Crippen molar-refractivity contribution in [1.29, 1.82) is 0 Å². The second-order valence-corrected chi connectivity index (χ2v) is 3.43. The number of rotatable bonds is 4. The third-order valence-electron chi connectivity index (χ3n) is 2.28. The van der Waals surface area contributed by atoms with Gasteiger partial charge >= 0.3 is 6.61 Å². The van der Waals surface area contributed by atoms with Crippen LogP contribution in [0.25, 0.3) is 0 Å². The van der Waals surface area contributed by atoms with E-state index < -0.39 is 6.61 Å². The van der Waals surface area contributed by atoms with Gasteiger partial charge in [-0.25, -0.2) is 0 Å². The third kappa shape index (κ3) is 3.16. The number of nitrogens with one attached hydrogen (secondary N) is 1. The van der Waals surface area contributed by atoms with E-state index in [1.54, 1.807) is 19.2 Å². The molecule has 84 valence electrons. The predicted molar refractivity (Wildman–Crippen MR) is 55.3 cm³/mol. The van der Waals surface area contributed by atoms with Gasteiger partial charge in [0, 0.05) is 11.6 Å². The van der Waals surface area contributed by atoms with E-state index in [4.69, 9.17) is 0 Å². The number of ether oxygens (including phenoxy) is 1. The van der Waals surface area contributed by atoms with Gasteiger partial charge in [-0.2, -0.15) is 8.78 Å². The van der Waals surface area contributed by atoms with Crippen LogP contribution in [-0.2, 0) is 0 Å². The summed E-state index contributed by atoms with van der Waals surface area (Å²) < 4.78 is 28.8. The lowest BCUT2D eigenvalue weighted by molar-refractivity contribution is -0.0506. The minimum atomic E-state index is -2.78. The van der Waals surface area contributed by atoms with Crippen LogP contribution in [0.4, 0.5) is 8.78 Å². The highest BCUT2D eigenvalue weighted by Gasteiger charge is 2.13. The standard InChI is InChI=1S/C11H15F2NO/c1-7-4-5-9(8(2)14-3)10(6-7)15-11(12)13/h4-6,8,11,14H,1-3H3. The van der Waals surface area contributed by atoms with Crippen molar-refractivity contribution in [3.05, 3.63) is 29.3 Å². The molecule has 1 unspecified atom stereocenters. The first-order valence-electron chi connectivity index (χ1n) is 4.77. The zero-order chi connectivity index (χ0) is 11.4. The Labute approximate surface area is 88.3 Å². The quantitative estimate of drug-likeness (QED) is 0.833. The van der Waals surface area contributed by atoms with E-state index in [1.807, 2.05) is 19.9 Å². The van der Waals surface area contributed by atoms with Gasteiger partial charge in [-0.1, -0.05) is 12.1 Å². The average molecular weight is 215 g/mol. The van der Waals surface area contributed by atoms with Gasteiger partial charge in [0.05, 0.1) is 0 Å². The van der Waals surface area contributed by atoms with Gasteiger partial charge in [0.1, 0.15) is 5.75 Å². The molecular weight excluding hydrogens is 200 g/mol. The van der Waals surface area contributed by atoms with Gasteiger partial charge in [0.15, 0.2) is 0 Å². The summed E-state index contributed by atoms with van der Waals surface area (Å²) in [5.41, 5.74) is 1.64. The Morgan fingerprint density at radius 1 is 1.33 bits per heavy atom. The van der Waals surface area contributed by atoms with Crippen LogP contribution in [0.1, 0.15) is 24.1 Å². The Bertz CT molecular complexity index is 328. The fourth-order valence-corrected chi connectivity index (χ4v) is 1.35. The Kier molecular flexibility index (Phi) is 4.03. The van der Waals surface area contributed by atoms with E-state index in [1.165, 1.54) is 0 Å². The normalized spacial score (nSPS) is 12.9. The SMILES string of the molecule is CNC(C)c1ccc(C)cc1OC(F)F. The lowest BCUT2D eigenvalue weighted by Crippen LogP contribution is -2.15. The lowest BCUT2D eigenvalue weighted by atomic mass is 10.1. The zero-order valence-electron chi connectivity index (χ0n) is 9.05. The molecule has 2 nitrogen and oxygen atoms in total. The van der Waals surface area contributed by atoms with Crippen LogP contribution >= 0.6 is 0 Å². The van der Waals surface area contributed by atoms with Crippen LogP contribution in [-0.4, -0.2) is 13.7 Å². The monoisotopic (exact) mass is 215 g/mol. The highest BCUT2D eigenvalue weighted by atomic mass is 19.3. The zero-order valence-corrected chi connectivity index (χ0v) is 9.05. The molecule has 0 fully saturated rings. The first-order chi connectivity index (χ1) is 7.04. The number of aryl methyl sites for hydroxylation is 1. The molecule has 4 heteroatoms. The van der Waals surface area contributed by atoms with E-state index in [0.717, 1.165) is 11.1 Å². The van der Waals surface area contributed by atoms with Crippen molar-refractivity contribution in [2.24, 2.45) is 0 Å². The van der Waals surface area contributed by atoms with E-state index in [-0.39, 0.29) is 11.8 Å². The number of hydrogen-bond donors (Lipinski definition) is 1. The van der Waals surface area contributed by atoms with Gasteiger partial charge in [-0.3, -0.25) is 0 Å². The van der Waals surface area contributed by atoms with E-state index in [9.17, 15) is 8.78 Å². The van der Waals surface area contributed by atoms with E-state index in [2.05, 4.69) is 10.1 Å². The van der Waals surface area contributed by atoms with Gasteiger partial charge in [0.2, 0.25) is 0 Å². The lowest BCUT2D eigenvalue weighted by Gasteiger charge is -2.16. The highest BCUT2D eigenvalue weighted by Crippen LogP contribution is 2.27. The summed E-state index contributed by atoms with van der Waals surface area (Å²) in [6, 6.07) is 5.28. The molecule has 0 saturated carbocycles. The van der Waals surface area contributed by atoms with Crippen LogP contribution in [0.3, 0.4) is 0 Å². The Balaban J connectivity index is 3.02. The Morgan fingerprint density at radius 2 is 2.00 bits per heavy atom. The number of halogens is 2. The van der Waals surface area contributed by atoms with E-state index in [0.29, 0.717) is 0 Å². The molecule has 0 saturated heterocycles. The van der Waals surface area contributed by atoms with Gasteiger partial charge in [0.25, 0.3) is 0 Å². The highest BCUT2D eigenvalue weighted by molar-refractivity contribution is 5.39. The second kappa shape index (κ2) is 5.07. The maximum atomic E-state index is 12.2. The maximum Gasteiger partial charge on any atom is 0.387 e. The molecule has 0 aromatic heterocycles. The van der Waals surface area contributed by atoms with E-state index >= 15 is 0 Å². The summed E-state index contributed by atoms with van der Waals surface area (Å²) >= 11 is 0. The van der Waals surface area contributed by atoms with Gasteiger partial charge in [-0.05, 0) is 32.5 Å². The van der Waals surface area contributed by atoms with Crippen LogP contribution in [0.5, 0.6) is 5.75 Å². The molecule has 0 heterocycles. The molecule has 15 heavy (non-hydrogen) atoms. The molecule has 0 aliphatic heterocycles. The van der Waals surface area contributed by atoms with Crippen molar-refractivity contribution in [3.8, 4) is 5.75 Å². The Hall–Kier alpha value is -1.16. The molecule has 0 bridgehead atoms. The molecule has 0 aliphatic rings. The molecule has 0 radical (unpaired) electrons. The van der Waals surface area contributed by atoms with Crippen molar-refractivity contribution in [3.63, 3.8) is 0 Å². The molecule has 1 aromatic carbocycles. The van der Waals surface area contributed by atoms with Crippen molar-refractivity contribution in [2.45, 2.75) is 26.5 Å². The molecule has 0 amide bonds. The van der Waals surface area contributed by atoms with Crippen molar-refractivity contribution < 1.29 is 13.5 Å². The largest absolute Gasteiger partial charge is 0.434 e. The smallest absolute Gasteiger partial charge is 0.387 e. The van der Waals surface area contributed by atoms with Crippen LogP contribution in [0.15, 0.2) is 18.2 Å². The van der Waals surface area contributed by atoms with Crippen molar-refractivity contribution in [2.75, 3.05) is 7.05 Å². The van der Waals surface area contributed by atoms with Crippen molar-refractivity contribution in [1.82, 2.24) is 5.32 Å². The topological polar surface area (TPSA) is 21.3 Å². The number of hydrogen-bond acceptors (Lipinski definition) is 2. The van der Waals surface area contributed by atoms with Gasteiger partial charge < -0.3 is 10.1 Å². The maximum absolute atomic E-state index is 12.2. The molecule has 1 N–H and O–H groups in total. The minimum absolute atomic E-state index is 0.0145. The third-order valence-corrected chi connectivity index (χ3v) is 2.28. The fourth-order valence-electron chi connectivity index (χ4n) is 1.35. The molecule has 0 spiro atoms. The summed E-state index contributed by atoms with van der Waals surface area (Å²) in [4.78, 5) is 0. The molecule has 1 atom stereocenters. The number of alkyl halides is 2. The van der Waals surface area contributed by atoms with Gasteiger partial charge in [-0.15, -0.1) is 0 Å². The summed E-state index contributed by atoms with van der Waals surface area (Å²) in [5.74, 6) is 0.242. The molecular formula is C11H15F2NO. The Morgan fingerprint density at radius 3 is 2.53 bits per heavy atom. The summed E-state index contributed by atoms with van der Waals surface area (Å²) in [6.45, 7) is 0.949. The van der Waals surface area contributed by atoms with Crippen LogP contribution in [0, 0.1) is 6.92 Å². The number of benzene rings is 1. The predicted octanol–water partition coefficient (Wildman–Crippen LogP) is 2.88. The van der Waals surface area contributed by atoms with Crippen LogP contribution in [0.2, 0.25) is 0 Å². The summed E-state index contributed by atoms with van der Waals surface area (Å²) in [6.07, 6.45) is 0. The summed E-state index contributed by atoms with van der Waals surface area (Å²) in [5, 5.41) is 2.99. The average Bonchev–Trinajstić information content (AvgIpc) is 2.16. The fraction of sp³-hybridized carbons (Fsp3) is 0.455. The first kappa shape index (κ1) is 11.9. The van der Waals surface area contributed by atoms with Crippen molar-refractivity contribution >= 4 is 0 Å². The molecule has 1 aromatic rings. The first-order valence-corrected chi connectivity index (χ1v) is 4.77.